The van der Waals surface area contributed by atoms with Crippen LogP contribution >= 0.6 is 0 Å². The molecule has 7 heteroatoms. The summed E-state index contributed by atoms with van der Waals surface area (Å²) in [5, 5.41) is 0. The number of hydrogen-bond acceptors (Lipinski definition) is 4. The molecule has 0 bridgehead atoms. The van der Waals surface area contributed by atoms with Gasteiger partial charge in [0.15, 0.2) is 0 Å². The second kappa shape index (κ2) is 8.56. The Kier molecular flexibility index (Phi) is 6.36. The van der Waals surface area contributed by atoms with E-state index < -0.39 is 15.6 Å². The number of carbonyl (C=O) groups excluding carboxylic acids is 1. The fourth-order valence-electron chi connectivity index (χ4n) is 6.55. The lowest BCUT2D eigenvalue weighted by Crippen LogP contribution is -2.70. The Morgan fingerprint density at radius 1 is 1.09 bits per heavy atom. The predicted molar refractivity (Wildman–Crippen MR) is 129 cm³/mol. The fourth-order valence-corrected chi connectivity index (χ4v) is 7.99. The van der Waals surface area contributed by atoms with Gasteiger partial charge in [-0.05, 0) is 76.8 Å². The van der Waals surface area contributed by atoms with Gasteiger partial charge in [-0.3, -0.25) is 0 Å². The van der Waals surface area contributed by atoms with E-state index >= 15 is 0 Å². The number of aryl methyl sites for hydroxylation is 1. The Labute approximate surface area is 199 Å². The third kappa shape index (κ3) is 5.24. The van der Waals surface area contributed by atoms with Crippen LogP contribution in [0.25, 0.3) is 0 Å². The molecule has 1 aliphatic heterocycles. The van der Waals surface area contributed by atoms with Gasteiger partial charge in [-0.25, -0.2) is 17.9 Å². The highest BCUT2D eigenvalue weighted by Crippen LogP contribution is 2.62. The van der Waals surface area contributed by atoms with Crippen molar-refractivity contribution in [3.05, 3.63) is 29.8 Å². The molecule has 1 unspecified atom stereocenters. The number of nitrogens with one attached hydrogen (secondary N) is 1. The van der Waals surface area contributed by atoms with E-state index in [0.29, 0.717) is 23.9 Å². The van der Waals surface area contributed by atoms with Crippen LogP contribution in [0.15, 0.2) is 29.2 Å². The molecule has 1 aromatic rings. The van der Waals surface area contributed by atoms with E-state index in [0.717, 1.165) is 31.2 Å². The first-order chi connectivity index (χ1) is 15.3. The highest BCUT2D eigenvalue weighted by molar-refractivity contribution is 7.89. The molecule has 4 rings (SSSR count). The lowest BCUT2D eigenvalue weighted by Gasteiger charge is -2.66. The van der Waals surface area contributed by atoms with Crippen LogP contribution in [0.4, 0.5) is 4.79 Å². The number of benzene rings is 1. The zero-order valence-corrected chi connectivity index (χ0v) is 21.6. The Morgan fingerprint density at radius 2 is 1.67 bits per heavy atom. The Morgan fingerprint density at radius 3 is 2.21 bits per heavy atom. The highest BCUT2D eigenvalue weighted by Gasteiger charge is 2.62. The van der Waals surface area contributed by atoms with Crippen LogP contribution in [-0.2, 0) is 14.8 Å². The summed E-state index contributed by atoms with van der Waals surface area (Å²) in [4.78, 5) is 14.5. The zero-order chi connectivity index (χ0) is 24.1. The molecule has 0 aromatic heterocycles. The van der Waals surface area contributed by atoms with Crippen molar-refractivity contribution in [2.75, 3.05) is 13.1 Å². The maximum Gasteiger partial charge on any atom is 0.410 e. The van der Waals surface area contributed by atoms with Crippen molar-refractivity contribution >= 4 is 16.1 Å². The number of hydrogen-bond donors (Lipinski definition) is 1. The minimum Gasteiger partial charge on any atom is -0.444 e. The normalized spacial score (nSPS) is 23.5. The van der Waals surface area contributed by atoms with Crippen LogP contribution in [0.5, 0.6) is 0 Å². The van der Waals surface area contributed by atoms with Crippen molar-refractivity contribution in [2.45, 2.75) is 96.1 Å². The van der Waals surface area contributed by atoms with Gasteiger partial charge < -0.3 is 9.64 Å². The largest absolute Gasteiger partial charge is 0.444 e. The first-order valence-corrected chi connectivity index (χ1v) is 13.9. The van der Waals surface area contributed by atoms with Crippen LogP contribution in [0.2, 0.25) is 0 Å². The molecule has 184 valence electrons. The van der Waals surface area contributed by atoms with E-state index in [1.54, 1.807) is 17.0 Å². The van der Waals surface area contributed by atoms with Crippen molar-refractivity contribution in [3.8, 4) is 0 Å². The average Bonchev–Trinajstić information content (AvgIpc) is 2.67. The second-order valence-electron chi connectivity index (χ2n) is 12.2. The molecule has 0 radical (unpaired) electrons. The molecule has 2 aliphatic carbocycles. The SMILES string of the molecule is Cc1ccc(S(=O)(=O)NC(C2CCCCC2)C2(C)CC3(CN(C(=O)OC(C)(C)C)C3)C2)cc1. The van der Waals surface area contributed by atoms with Gasteiger partial charge in [0, 0.05) is 24.5 Å². The third-order valence-electron chi connectivity index (χ3n) is 7.75. The minimum absolute atomic E-state index is 0.0784. The monoisotopic (exact) mass is 476 g/mol. The molecular weight excluding hydrogens is 436 g/mol. The maximum absolute atomic E-state index is 13.3. The number of carbonyl (C=O) groups is 1. The first-order valence-electron chi connectivity index (χ1n) is 12.4. The molecule has 1 heterocycles. The van der Waals surface area contributed by atoms with Crippen LogP contribution in [0, 0.1) is 23.7 Å². The number of nitrogens with zero attached hydrogens (tertiary/aromatic N) is 1. The summed E-state index contributed by atoms with van der Waals surface area (Å²) in [6.45, 7) is 11.3. The van der Waals surface area contributed by atoms with Crippen molar-refractivity contribution in [1.29, 1.82) is 0 Å². The molecule has 33 heavy (non-hydrogen) atoms. The van der Waals surface area contributed by atoms with Crippen molar-refractivity contribution < 1.29 is 17.9 Å². The number of ether oxygens (including phenoxy) is 1. The molecule has 6 nitrogen and oxygen atoms in total. The molecule has 1 saturated heterocycles. The van der Waals surface area contributed by atoms with Crippen LogP contribution in [0.3, 0.4) is 0 Å². The Hall–Kier alpha value is -1.60. The third-order valence-corrected chi connectivity index (χ3v) is 9.20. The van der Waals surface area contributed by atoms with E-state index in [9.17, 15) is 13.2 Å². The molecule has 3 aliphatic rings. The van der Waals surface area contributed by atoms with E-state index in [1.807, 2.05) is 39.8 Å². The van der Waals surface area contributed by atoms with Crippen LogP contribution < -0.4 is 4.72 Å². The molecule has 2 saturated carbocycles. The van der Waals surface area contributed by atoms with E-state index in [1.165, 1.54) is 19.3 Å². The average molecular weight is 477 g/mol. The van der Waals surface area contributed by atoms with Crippen molar-refractivity contribution in [1.82, 2.24) is 9.62 Å². The maximum atomic E-state index is 13.3. The molecule has 1 aromatic carbocycles. The fraction of sp³-hybridized carbons (Fsp3) is 0.731. The van der Waals surface area contributed by atoms with Gasteiger partial charge in [0.25, 0.3) is 0 Å². The highest BCUT2D eigenvalue weighted by atomic mass is 32.2. The van der Waals surface area contributed by atoms with Crippen LogP contribution in [0.1, 0.15) is 78.2 Å². The Bertz CT molecular complexity index is 961. The smallest absolute Gasteiger partial charge is 0.410 e. The summed E-state index contributed by atoms with van der Waals surface area (Å²) in [5.41, 5.74) is 0.562. The topological polar surface area (TPSA) is 75.7 Å². The van der Waals surface area contributed by atoms with Gasteiger partial charge in [0.05, 0.1) is 4.90 Å². The number of likely N-dealkylation sites (tertiary alicyclic amines) is 1. The minimum atomic E-state index is -3.59. The number of sulfonamides is 1. The van der Waals surface area contributed by atoms with Crippen LogP contribution in [-0.4, -0.2) is 44.1 Å². The van der Waals surface area contributed by atoms with E-state index in [2.05, 4.69) is 11.6 Å². The predicted octanol–water partition coefficient (Wildman–Crippen LogP) is 5.26. The summed E-state index contributed by atoms with van der Waals surface area (Å²) in [5.74, 6) is 0.364. The Balaban J connectivity index is 1.46. The zero-order valence-electron chi connectivity index (χ0n) is 20.8. The van der Waals surface area contributed by atoms with Gasteiger partial charge in [0.1, 0.15) is 5.60 Å². The number of amides is 1. The molecular formula is C26H40N2O4S. The summed E-state index contributed by atoms with van der Waals surface area (Å²) in [6, 6.07) is 7.02. The van der Waals surface area contributed by atoms with Crippen molar-refractivity contribution in [3.63, 3.8) is 0 Å². The molecule has 3 fully saturated rings. The second-order valence-corrected chi connectivity index (χ2v) is 13.9. The van der Waals surface area contributed by atoms with Gasteiger partial charge >= 0.3 is 6.09 Å². The summed E-state index contributed by atoms with van der Waals surface area (Å²) >= 11 is 0. The number of rotatable bonds is 5. The van der Waals surface area contributed by atoms with Crippen molar-refractivity contribution in [2.24, 2.45) is 16.7 Å². The first kappa shape index (κ1) is 24.5. The van der Waals surface area contributed by atoms with E-state index in [-0.39, 0.29) is 23.0 Å². The summed E-state index contributed by atoms with van der Waals surface area (Å²) in [6.07, 6.45) is 7.36. The van der Waals surface area contributed by atoms with Gasteiger partial charge in [0.2, 0.25) is 10.0 Å². The van der Waals surface area contributed by atoms with Gasteiger partial charge in [-0.1, -0.05) is 43.9 Å². The summed E-state index contributed by atoms with van der Waals surface area (Å²) in [7, 11) is -3.59. The molecule has 1 N–H and O–H groups in total. The lowest BCUT2D eigenvalue weighted by molar-refractivity contribution is -0.149. The lowest BCUT2D eigenvalue weighted by atomic mass is 9.46. The van der Waals surface area contributed by atoms with E-state index in [4.69, 9.17) is 4.74 Å². The summed E-state index contributed by atoms with van der Waals surface area (Å²) < 4.78 is 35.3. The molecule has 1 amide bonds. The van der Waals surface area contributed by atoms with Gasteiger partial charge in [-0.2, -0.15) is 0 Å². The van der Waals surface area contributed by atoms with Gasteiger partial charge in [-0.15, -0.1) is 0 Å². The molecule has 1 spiro atoms. The quantitative estimate of drug-likeness (QED) is 0.629. The molecule has 1 atom stereocenters. The standard InChI is InChI=1S/C26H40N2O4S/c1-19-11-13-21(14-12-19)33(30,31)27-22(20-9-7-6-8-10-20)25(5)15-26(16-25)17-28(18-26)23(29)32-24(2,3)4/h11-14,20,22,27H,6-10,15-18H2,1-5H3.